The molecule has 24 heavy (non-hydrogen) atoms. The third-order valence-electron chi connectivity index (χ3n) is 5.38. The molecule has 134 valence electrons. The molecule has 0 amide bonds. The fraction of sp³-hybridized carbons (Fsp3) is 0.647. The van der Waals surface area contributed by atoms with Crippen molar-refractivity contribution in [3.8, 4) is 5.75 Å². The molecular formula is C17H26N2O4S. The molecule has 6 nitrogen and oxygen atoms in total. The number of likely N-dealkylation sites (tertiary alicyclic amines) is 1. The number of sulfonamides is 1. The van der Waals surface area contributed by atoms with Gasteiger partial charge in [-0.3, -0.25) is 0 Å². The smallest absolute Gasteiger partial charge is 0.243 e. The number of hydrogen-bond acceptors (Lipinski definition) is 5. The van der Waals surface area contributed by atoms with E-state index in [9.17, 15) is 8.42 Å². The Kier molecular flexibility index (Phi) is 4.88. The molecule has 2 fully saturated rings. The number of rotatable bonds is 5. The van der Waals surface area contributed by atoms with E-state index in [1.165, 1.54) is 0 Å². The summed E-state index contributed by atoms with van der Waals surface area (Å²) in [5, 5.41) is 0. The molecule has 1 aromatic carbocycles. The van der Waals surface area contributed by atoms with Gasteiger partial charge in [0.05, 0.1) is 18.6 Å². The van der Waals surface area contributed by atoms with E-state index in [-0.39, 0.29) is 5.41 Å². The lowest BCUT2D eigenvalue weighted by Gasteiger charge is -2.30. The normalized spacial score (nSPS) is 28.7. The van der Waals surface area contributed by atoms with Crippen LogP contribution in [-0.2, 0) is 14.8 Å². The van der Waals surface area contributed by atoms with Crippen molar-refractivity contribution >= 4 is 10.0 Å². The van der Waals surface area contributed by atoms with Gasteiger partial charge in [0.1, 0.15) is 5.75 Å². The molecule has 0 aliphatic carbocycles. The Labute approximate surface area is 144 Å². The largest absolute Gasteiger partial charge is 0.497 e. The summed E-state index contributed by atoms with van der Waals surface area (Å²) < 4.78 is 38.2. The molecule has 0 radical (unpaired) electrons. The van der Waals surface area contributed by atoms with Crippen LogP contribution in [0, 0.1) is 11.3 Å². The highest BCUT2D eigenvalue weighted by Gasteiger charge is 2.51. The SMILES string of the molecule is COC[C@@H]1CN(C)C[C@@]12CCN(S(=O)(=O)c1cccc(OC)c1)C2. The van der Waals surface area contributed by atoms with Crippen LogP contribution < -0.4 is 4.74 Å². The van der Waals surface area contributed by atoms with Crippen molar-refractivity contribution in [3.05, 3.63) is 24.3 Å². The van der Waals surface area contributed by atoms with Gasteiger partial charge in [-0.2, -0.15) is 4.31 Å². The molecular weight excluding hydrogens is 328 g/mol. The van der Waals surface area contributed by atoms with Crippen molar-refractivity contribution < 1.29 is 17.9 Å². The lowest BCUT2D eigenvalue weighted by atomic mass is 9.78. The van der Waals surface area contributed by atoms with E-state index in [0.29, 0.717) is 36.3 Å². The summed E-state index contributed by atoms with van der Waals surface area (Å²) in [4.78, 5) is 2.58. The van der Waals surface area contributed by atoms with Crippen LogP contribution in [0.4, 0.5) is 0 Å². The summed E-state index contributed by atoms with van der Waals surface area (Å²) in [5.41, 5.74) is -0.00328. The molecule has 0 aromatic heterocycles. The average Bonchev–Trinajstić information content (AvgIpc) is 3.12. The van der Waals surface area contributed by atoms with Gasteiger partial charge >= 0.3 is 0 Å². The molecule has 3 rings (SSSR count). The first-order valence-electron chi connectivity index (χ1n) is 8.23. The van der Waals surface area contributed by atoms with Crippen molar-refractivity contribution in [1.82, 2.24) is 9.21 Å². The molecule has 0 saturated carbocycles. The molecule has 2 atom stereocenters. The Hall–Kier alpha value is -1.15. The number of hydrogen-bond donors (Lipinski definition) is 0. The Balaban J connectivity index is 1.84. The summed E-state index contributed by atoms with van der Waals surface area (Å²) in [6.07, 6.45) is 0.883. The van der Waals surface area contributed by atoms with Gasteiger partial charge in [0.15, 0.2) is 0 Å². The molecule has 1 spiro atoms. The Bertz CT molecular complexity index is 694. The fourth-order valence-electron chi connectivity index (χ4n) is 4.17. The third-order valence-corrected chi connectivity index (χ3v) is 7.22. The standard InChI is InChI=1S/C17H26N2O4S/c1-18-10-14(11-22-2)17(12-18)7-8-19(13-17)24(20,21)16-6-4-5-15(9-16)23-3/h4-6,9,14H,7-8,10-13H2,1-3H3/t14-,17+/m0/s1. The summed E-state index contributed by atoms with van der Waals surface area (Å²) in [6, 6.07) is 6.70. The maximum Gasteiger partial charge on any atom is 0.243 e. The highest BCUT2D eigenvalue weighted by molar-refractivity contribution is 7.89. The molecule has 1 aromatic rings. The molecule has 0 N–H and O–H groups in total. The molecule has 2 aliphatic heterocycles. The van der Waals surface area contributed by atoms with Gasteiger partial charge in [0, 0.05) is 50.7 Å². The molecule has 7 heteroatoms. The first kappa shape index (κ1) is 17.7. The highest BCUT2D eigenvalue weighted by Crippen LogP contribution is 2.45. The van der Waals surface area contributed by atoms with E-state index < -0.39 is 10.0 Å². The Morgan fingerprint density at radius 3 is 2.79 bits per heavy atom. The van der Waals surface area contributed by atoms with E-state index in [1.54, 1.807) is 42.8 Å². The molecule has 0 unspecified atom stereocenters. The van der Waals surface area contributed by atoms with Crippen LogP contribution in [0.3, 0.4) is 0 Å². The maximum atomic E-state index is 13.0. The number of ether oxygens (including phenoxy) is 2. The topological polar surface area (TPSA) is 59.1 Å². The molecule has 2 aliphatic rings. The van der Waals surface area contributed by atoms with Gasteiger partial charge in [-0.05, 0) is 25.6 Å². The maximum absolute atomic E-state index is 13.0. The van der Waals surface area contributed by atoms with Crippen molar-refractivity contribution in [2.24, 2.45) is 11.3 Å². The van der Waals surface area contributed by atoms with Crippen LogP contribution in [0.5, 0.6) is 5.75 Å². The minimum atomic E-state index is -3.50. The third kappa shape index (κ3) is 3.06. The predicted octanol–water partition coefficient (Wildman–Crippen LogP) is 1.28. The number of methoxy groups -OCH3 is 2. The minimum Gasteiger partial charge on any atom is -0.497 e. The Morgan fingerprint density at radius 1 is 1.29 bits per heavy atom. The fourth-order valence-corrected chi connectivity index (χ4v) is 5.74. The Morgan fingerprint density at radius 2 is 2.08 bits per heavy atom. The van der Waals surface area contributed by atoms with E-state index in [0.717, 1.165) is 19.5 Å². The van der Waals surface area contributed by atoms with E-state index in [4.69, 9.17) is 9.47 Å². The van der Waals surface area contributed by atoms with Crippen LogP contribution in [-0.4, -0.2) is 71.7 Å². The van der Waals surface area contributed by atoms with Gasteiger partial charge in [-0.25, -0.2) is 8.42 Å². The van der Waals surface area contributed by atoms with Crippen LogP contribution in [0.25, 0.3) is 0 Å². The molecule has 2 saturated heterocycles. The van der Waals surface area contributed by atoms with Gasteiger partial charge in [-0.15, -0.1) is 0 Å². The van der Waals surface area contributed by atoms with Crippen LogP contribution in [0.1, 0.15) is 6.42 Å². The summed E-state index contributed by atoms with van der Waals surface area (Å²) in [7, 11) is 1.85. The van der Waals surface area contributed by atoms with Crippen molar-refractivity contribution in [2.45, 2.75) is 11.3 Å². The monoisotopic (exact) mass is 354 g/mol. The van der Waals surface area contributed by atoms with Crippen molar-refractivity contribution in [1.29, 1.82) is 0 Å². The predicted molar refractivity (Wildman–Crippen MR) is 91.7 cm³/mol. The molecule has 0 bridgehead atoms. The number of nitrogens with zero attached hydrogens (tertiary/aromatic N) is 2. The summed E-state index contributed by atoms with van der Waals surface area (Å²) in [6.45, 7) is 3.68. The first-order chi connectivity index (χ1) is 11.4. The van der Waals surface area contributed by atoms with Crippen molar-refractivity contribution in [2.75, 3.05) is 54.1 Å². The quantitative estimate of drug-likeness (QED) is 0.797. The zero-order valence-corrected chi connectivity index (χ0v) is 15.4. The first-order valence-corrected chi connectivity index (χ1v) is 9.67. The lowest BCUT2D eigenvalue weighted by molar-refractivity contribution is 0.101. The van der Waals surface area contributed by atoms with Gasteiger partial charge in [0.25, 0.3) is 0 Å². The zero-order chi connectivity index (χ0) is 17.4. The second-order valence-corrected chi connectivity index (χ2v) is 8.92. The van der Waals surface area contributed by atoms with Gasteiger partial charge < -0.3 is 14.4 Å². The van der Waals surface area contributed by atoms with E-state index in [2.05, 4.69) is 11.9 Å². The summed E-state index contributed by atoms with van der Waals surface area (Å²) in [5.74, 6) is 0.931. The zero-order valence-electron chi connectivity index (χ0n) is 14.6. The molecule has 2 heterocycles. The highest BCUT2D eigenvalue weighted by atomic mass is 32.2. The second kappa shape index (κ2) is 6.63. The number of benzene rings is 1. The van der Waals surface area contributed by atoms with E-state index in [1.807, 2.05) is 0 Å². The van der Waals surface area contributed by atoms with Crippen LogP contribution in [0.15, 0.2) is 29.2 Å². The average molecular weight is 354 g/mol. The minimum absolute atomic E-state index is 0.00328. The van der Waals surface area contributed by atoms with Gasteiger partial charge in [-0.1, -0.05) is 6.07 Å². The summed E-state index contributed by atoms with van der Waals surface area (Å²) >= 11 is 0. The van der Waals surface area contributed by atoms with Crippen LogP contribution >= 0.6 is 0 Å². The van der Waals surface area contributed by atoms with Gasteiger partial charge in [0.2, 0.25) is 10.0 Å². The lowest BCUT2D eigenvalue weighted by Crippen LogP contribution is -2.38. The van der Waals surface area contributed by atoms with Crippen molar-refractivity contribution in [3.63, 3.8) is 0 Å². The van der Waals surface area contributed by atoms with E-state index >= 15 is 0 Å². The van der Waals surface area contributed by atoms with Crippen LogP contribution in [0.2, 0.25) is 0 Å². The second-order valence-electron chi connectivity index (χ2n) is 6.98.